The molecule has 2 aromatic heterocycles. The van der Waals surface area contributed by atoms with E-state index in [0.29, 0.717) is 27.4 Å². The molecular formula is C18H16ClN3O3. The number of aryl methyl sites for hydroxylation is 2. The van der Waals surface area contributed by atoms with Gasteiger partial charge in [-0.15, -0.1) is 0 Å². The third kappa shape index (κ3) is 2.59. The lowest BCUT2D eigenvalue weighted by molar-refractivity contribution is 0.101. The van der Waals surface area contributed by atoms with E-state index in [1.54, 1.807) is 38.2 Å². The molecule has 0 aliphatic heterocycles. The highest BCUT2D eigenvalue weighted by Gasteiger charge is 2.22. The third-order valence-corrected chi connectivity index (χ3v) is 4.51. The standard InChI is InChI=1S/C18H16ClN3O3/c1-9-13(10(2)23)14(11-5-7-12(19)8-6-11)15-16(20-9)21(3)18(25)22(4)17(15)24/h5-8H,1-4H3. The molecule has 0 amide bonds. The number of hydrogen-bond acceptors (Lipinski definition) is 4. The van der Waals surface area contributed by atoms with Gasteiger partial charge in [-0.2, -0.15) is 0 Å². The molecule has 0 spiro atoms. The fourth-order valence-corrected chi connectivity index (χ4v) is 3.17. The molecule has 0 atom stereocenters. The maximum absolute atomic E-state index is 12.8. The SMILES string of the molecule is CC(=O)c1c(C)nc2c(c1-c1ccc(Cl)cc1)c(=O)n(C)c(=O)n2C. The first-order valence-electron chi connectivity index (χ1n) is 7.61. The summed E-state index contributed by atoms with van der Waals surface area (Å²) in [6.07, 6.45) is 0. The zero-order valence-corrected chi connectivity index (χ0v) is 15.0. The number of carbonyl (C=O) groups is 1. The van der Waals surface area contributed by atoms with E-state index in [-0.39, 0.29) is 16.8 Å². The van der Waals surface area contributed by atoms with Crippen LogP contribution < -0.4 is 11.2 Å². The molecule has 25 heavy (non-hydrogen) atoms. The topological polar surface area (TPSA) is 74.0 Å². The Morgan fingerprint density at radius 3 is 2.24 bits per heavy atom. The lowest BCUT2D eigenvalue weighted by atomic mass is 9.94. The summed E-state index contributed by atoms with van der Waals surface area (Å²) in [6.45, 7) is 3.12. The monoisotopic (exact) mass is 357 g/mol. The zero-order valence-electron chi connectivity index (χ0n) is 14.3. The van der Waals surface area contributed by atoms with Gasteiger partial charge in [0.25, 0.3) is 5.56 Å². The van der Waals surface area contributed by atoms with Crippen LogP contribution in [0, 0.1) is 6.92 Å². The number of rotatable bonds is 2. The van der Waals surface area contributed by atoms with Crippen LogP contribution in [0.2, 0.25) is 5.02 Å². The van der Waals surface area contributed by atoms with Gasteiger partial charge in [-0.25, -0.2) is 9.78 Å². The fraction of sp³-hybridized carbons (Fsp3) is 0.222. The van der Waals surface area contributed by atoms with Crippen LogP contribution in [-0.4, -0.2) is 19.9 Å². The van der Waals surface area contributed by atoms with Gasteiger partial charge in [-0.1, -0.05) is 23.7 Å². The number of hydrogen-bond donors (Lipinski definition) is 0. The second kappa shape index (κ2) is 5.97. The van der Waals surface area contributed by atoms with Crippen molar-refractivity contribution in [1.82, 2.24) is 14.1 Å². The van der Waals surface area contributed by atoms with E-state index in [1.807, 2.05) is 0 Å². The summed E-state index contributed by atoms with van der Waals surface area (Å²) in [7, 11) is 2.96. The molecule has 0 unspecified atom stereocenters. The summed E-state index contributed by atoms with van der Waals surface area (Å²) < 4.78 is 2.33. The number of aromatic nitrogens is 3. The van der Waals surface area contributed by atoms with E-state index >= 15 is 0 Å². The molecule has 3 rings (SSSR count). The van der Waals surface area contributed by atoms with E-state index in [1.165, 1.54) is 18.5 Å². The summed E-state index contributed by atoms with van der Waals surface area (Å²) in [6, 6.07) is 6.87. The highest BCUT2D eigenvalue weighted by atomic mass is 35.5. The van der Waals surface area contributed by atoms with Crippen LogP contribution >= 0.6 is 11.6 Å². The summed E-state index contributed by atoms with van der Waals surface area (Å²) in [5.41, 5.74) is 1.27. The van der Waals surface area contributed by atoms with Gasteiger partial charge < -0.3 is 0 Å². The summed E-state index contributed by atoms with van der Waals surface area (Å²) in [5.74, 6) is -0.201. The number of ketones is 1. The molecule has 0 saturated carbocycles. The number of Topliss-reactive ketones (excluding diaryl/α,β-unsaturated/α-hetero) is 1. The zero-order chi connectivity index (χ0) is 18.5. The number of fused-ring (bicyclic) bond motifs is 1. The number of benzene rings is 1. The van der Waals surface area contributed by atoms with Gasteiger partial charge in [-0.3, -0.25) is 18.7 Å². The van der Waals surface area contributed by atoms with Gasteiger partial charge in [0, 0.05) is 30.2 Å². The normalized spacial score (nSPS) is 11.1. The Bertz CT molecular complexity index is 1140. The van der Waals surface area contributed by atoms with Gasteiger partial charge in [0.15, 0.2) is 5.78 Å². The Morgan fingerprint density at radius 2 is 1.68 bits per heavy atom. The van der Waals surface area contributed by atoms with Crippen molar-refractivity contribution in [2.24, 2.45) is 14.1 Å². The van der Waals surface area contributed by atoms with Crippen molar-refractivity contribution in [3.05, 3.63) is 61.4 Å². The van der Waals surface area contributed by atoms with Crippen molar-refractivity contribution < 1.29 is 4.79 Å². The predicted octanol–water partition coefficient (Wildman–Crippen LogP) is 2.46. The minimum absolute atomic E-state index is 0.201. The summed E-state index contributed by atoms with van der Waals surface area (Å²) in [4.78, 5) is 41.7. The Hall–Kier alpha value is -2.73. The van der Waals surface area contributed by atoms with Crippen LogP contribution in [0.25, 0.3) is 22.2 Å². The third-order valence-electron chi connectivity index (χ3n) is 4.25. The van der Waals surface area contributed by atoms with E-state index in [0.717, 1.165) is 4.57 Å². The van der Waals surface area contributed by atoms with Crippen molar-refractivity contribution in [2.75, 3.05) is 0 Å². The number of carbonyl (C=O) groups excluding carboxylic acids is 1. The molecule has 128 valence electrons. The highest BCUT2D eigenvalue weighted by Crippen LogP contribution is 2.31. The maximum atomic E-state index is 12.8. The van der Waals surface area contributed by atoms with Crippen LogP contribution in [0.3, 0.4) is 0 Å². The average Bonchev–Trinajstić information content (AvgIpc) is 2.57. The Morgan fingerprint density at radius 1 is 1.08 bits per heavy atom. The van der Waals surface area contributed by atoms with Gasteiger partial charge in [0.05, 0.1) is 11.1 Å². The molecule has 0 aliphatic carbocycles. The first kappa shape index (κ1) is 17.1. The molecule has 7 heteroatoms. The largest absolute Gasteiger partial charge is 0.332 e. The molecule has 1 aromatic carbocycles. The first-order chi connectivity index (χ1) is 11.7. The minimum atomic E-state index is -0.488. The molecule has 0 fully saturated rings. The summed E-state index contributed by atoms with van der Waals surface area (Å²) >= 11 is 5.96. The molecular weight excluding hydrogens is 342 g/mol. The van der Waals surface area contributed by atoms with Gasteiger partial charge in [0.2, 0.25) is 0 Å². The van der Waals surface area contributed by atoms with Crippen molar-refractivity contribution in [2.45, 2.75) is 13.8 Å². The molecule has 6 nitrogen and oxygen atoms in total. The molecule has 0 bridgehead atoms. The van der Waals surface area contributed by atoms with Crippen LogP contribution in [0.15, 0.2) is 33.9 Å². The van der Waals surface area contributed by atoms with Crippen molar-refractivity contribution in [3.63, 3.8) is 0 Å². The van der Waals surface area contributed by atoms with Crippen molar-refractivity contribution >= 4 is 28.4 Å². The maximum Gasteiger partial charge on any atom is 0.332 e. The van der Waals surface area contributed by atoms with Crippen LogP contribution in [0.5, 0.6) is 0 Å². The number of halogens is 1. The molecule has 0 radical (unpaired) electrons. The van der Waals surface area contributed by atoms with Crippen molar-refractivity contribution in [3.8, 4) is 11.1 Å². The van der Waals surface area contributed by atoms with Gasteiger partial charge >= 0.3 is 5.69 Å². The van der Waals surface area contributed by atoms with Crippen LogP contribution in [-0.2, 0) is 14.1 Å². The molecule has 0 N–H and O–H groups in total. The fourth-order valence-electron chi connectivity index (χ4n) is 3.04. The second-order valence-electron chi connectivity index (χ2n) is 5.91. The quantitative estimate of drug-likeness (QED) is 0.660. The average molecular weight is 358 g/mol. The van der Waals surface area contributed by atoms with E-state index in [2.05, 4.69) is 4.98 Å². The lowest BCUT2D eigenvalue weighted by Gasteiger charge is -2.16. The van der Waals surface area contributed by atoms with Gasteiger partial charge in [0.1, 0.15) is 5.65 Å². The molecule has 0 saturated heterocycles. The Kier molecular flexibility index (Phi) is 4.08. The smallest absolute Gasteiger partial charge is 0.294 e. The Balaban J connectivity index is 2.66. The molecule has 3 aromatic rings. The predicted molar refractivity (Wildman–Crippen MR) is 97.4 cm³/mol. The van der Waals surface area contributed by atoms with Crippen LogP contribution in [0.1, 0.15) is 23.0 Å². The van der Waals surface area contributed by atoms with E-state index < -0.39 is 11.2 Å². The number of nitrogens with zero attached hydrogens (tertiary/aromatic N) is 3. The van der Waals surface area contributed by atoms with Crippen LogP contribution in [0.4, 0.5) is 0 Å². The number of pyridine rings is 1. The minimum Gasteiger partial charge on any atom is -0.294 e. The van der Waals surface area contributed by atoms with Crippen molar-refractivity contribution in [1.29, 1.82) is 0 Å². The van der Waals surface area contributed by atoms with E-state index in [9.17, 15) is 14.4 Å². The van der Waals surface area contributed by atoms with E-state index in [4.69, 9.17) is 11.6 Å². The van der Waals surface area contributed by atoms with Gasteiger partial charge in [-0.05, 0) is 31.5 Å². The Labute approximate surface area is 148 Å². The molecule has 2 heterocycles. The lowest BCUT2D eigenvalue weighted by Crippen LogP contribution is -2.38. The second-order valence-corrected chi connectivity index (χ2v) is 6.35. The summed E-state index contributed by atoms with van der Waals surface area (Å²) in [5, 5.41) is 0.784. The highest BCUT2D eigenvalue weighted by molar-refractivity contribution is 6.30. The molecule has 0 aliphatic rings. The first-order valence-corrected chi connectivity index (χ1v) is 7.99.